The highest BCUT2D eigenvalue weighted by Gasteiger charge is 2.16. The predicted octanol–water partition coefficient (Wildman–Crippen LogP) is 2.39. The summed E-state index contributed by atoms with van der Waals surface area (Å²) in [6.45, 7) is 3.53. The van der Waals surface area contributed by atoms with Gasteiger partial charge in [-0.05, 0) is 17.5 Å². The van der Waals surface area contributed by atoms with E-state index in [1.165, 1.54) is 0 Å². The molecule has 2 aromatic rings. The van der Waals surface area contributed by atoms with Gasteiger partial charge < -0.3 is 5.32 Å². The van der Waals surface area contributed by atoms with Crippen molar-refractivity contribution in [3.05, 3.63) is 68.1 Å². The fourth-order valence-corrected chi connectivity index (χ4v) is 2.38. The molecule has 8 nitrogen and oxygen atoms in total. The van der Waals surface area contributed by atoms with Crippen molar-refractivity contribution < 1.29 is 9.72 Å². The van der Waals surface area contributed by atoms with Crippen LogP contribution in [-0.2, 0) is 11.3 Å². The number of rotatable bonds is 5. The first kappa shape index (κ1) is 17.9. The van der Waals surface area contributed by atoms with Gasteiger partial charge in [-0.1, -0.05) is 32.0 Å². The molecule has 128 valence electrons. The molecule has 0 aliphatic rings. The van der Waals surface area contributed by atoms with Crippen molar-refractivity contribution in [1.82, 2.24) is 4.57 Å². The van der Waals surface area contributed by atoms with Crippen molar-refractivity contribution >= 4 is 17.3 Å². The van der Waals surface area contributed by atoms with Crippen LogP contribution in [0.15, 0.2) is 41.3 Å². The summed E-state index contributed by atoms with van der Waals surface area (Å²) in [4.78, 5) is 34.5. The number of carbonyl (C=O) groups excluding carboxylic acids is 1. The molecule has 1 aromatic heterocycles. The Morgan fingerprint density at radius 1 is 1.40 bits per heavy atom. The number of aromatic nitrogens is 1. The molecule has 0 fully saturated rings. The van der Waals surface area contributed by atoms with Crippen LogP contribution in [0.5, 0.6) is 0 Å². The van der Waals surface area contributed by atoms with E-state index in [2.05, 4.69) is 5.32 Å². The molecule has 1 heterocycles. The van der Waals surface area contributed by atoms with Crippen LogP contribution in [0, 0.1) is 21.4 Å². The number of benzene rings is 1. The maximum Gasteiger partial charge on any atom is 0.287 e. The summed E-state index contributed by atoms with van der Waals surface area (Å²) < 4.78 is 0.865. The largest absolute Gasteiger partial charge is 0.324 e. The number of hydrogen-bond donors (Lipinski definition) is 1. The molecular weight excluding hydrogens is 324 g/mol. The van der Waals surface area contributed by atoms with Gasteiger partial charge in [-0.25, -0.2) is 0 Å². The zero-order valence-electron chi connectivity index (χ0n) is 13.7. The molecule has 1 amide bonds. The number of anilines is 1. The molecule has 25 heavy (non-hydrogen) atoms. The summed E-state index contributed by atoms with van der Waals surface area (Å²) in [7, 11) is 0. The van der Waals surface area contributed by atoms with Crippen LogP contribution < -0.4 is 10.9 Å². The van der Waals surface area contributed by atoms with Crippen LogP contribution in [-0.4, -0.2) is 15.4 Å². The Hall–Kier alpha value is -3.47. The summed E-state index contributed by atoms with van der Waals surface area (Å²) in [6, 6.07) is 9.75. The van der Waals surface area contributed by atoms with Crippen molar-refractivity contribution in [3.63, 3.8) is 0 Å². The van der Waals surface area contributed by atoms with E-state index in [0.717, 1.165) is 22.4 Å². The number of pyridine rings is 1. The Kier molecular flexibility index (Phi) is 5.29. The third kappa shape index (κ3) is 4.09. The molecular formula is C17H16N4O4. The Balaban J connectivity index is 2.30. The normalized spacial score (nSPS) is 10.3. The molecule has 0 saturated heterocycles. The first-order chi connectivity index (χ1) is 11.8. The van der Waals surface area contributed by atoms with E-state index in [9.17, 15) is 19.7 Å². The molecule has 0 spiro atoms. The zero-order valence-corrected chi connectivity index (χ0v) is 13.7. The van der Waals surface area contributed by atoms with Crippen LogP contribution in [0.4, 0.5) is 11.4 Å². The molecule has 0 radical (unpaired) electrons. The van der Waals surface area contributed by atoms with E-state index in [0.29, 0.717) is 5.69 Å². The molecule has 0 aliphatic carbocycles. The first-order valence-electron chi connectivity index (χ1n) is 7.51. The van der Waals surface area contributed by atoms with Crippen molar-refractivity contribution in [3.8, 4) is 6.07 Å². The van der Waals surface area contributed by atoms with Crippen molar-refractivity contribution in [2.24, 2.45) is 0 Å². The third-order valence-corrected chi connectivity index (χ3v) is 3.57. The van der Waals surface area contributed by atoms with Gasteiger partial charge in [0.25, 0.3) is 11.2 Å². The van der Waals surface area contributed by atoms with Gasteiger partial charge in [0.05, 0.1) is 11.1 Å². The Labute approximate surface area is 143 Å². The molecule has 8 heteroatoms. The minimum Gasteiger partial charge on any atom is -0.324 e. The number of hydrogen-bond acceptors (Lipinski definition) is 5. The maximum absolute atomic E-state index is 12.3. The Bertz CT molecular complexity index is 925. The lowest BCUT2D eigenvalue weighted by Gasteiger charge is -2.14. The molecule has 0 aliphatic heterocycles. The topological polar surface area (TPSA) is 118 Å². The van der Waals surface area contributed by atoms with Crippen LogP contribution in [0.2, 0.25) is 0 Å². The van der Waals surface area contributed by atoms with Crippen molar-refractivity contribution in [1.29, 1.82) is 5.26 Å². The smallest absolute Gasteiger partial charge is 0.287 e. The fraction of sp³-hybridized carbons (Fsp3) is 0.235. The third-order valence-electron chi connectivity index (χ3n) is 3.57. The van der Waals surface area contributed by atoms with Gasteiger partial charge in [-0.2, -0.15) is 5.26 Å². The number of nitrogens with one attached hydrogen (secondary N) is 1. The number of nitrogens with zero attached hydrogens (tertiary/aromatic N) is 3. The molecule has 1 aromatic carbocycles. The highest BCUT2D eigenvalue weighted by Crippen LogP contribution is 2.23. The summed E-state index contributed by atoms with van der Waals surface area (Å²) in [5, 5.41) is 22.5. The van der Waals surface area contributed by atoms with E-state index in [-0.39, 0.29) is 11.5 Å². The van der Waals surface area contributed by atoms with Gasteiger partial charge in [0.2, 0.25) is 5.91 Å². The second kappa shape index (κ2) is 7.40. The predicted molar refractivity (Wildman–Crippen MR) is 91.2 cm³/mol. The average molecular weight is 340 g/mol. The van der Waals surface area contributed by atoms with Gasteiger partial charge in [-0.3, -0.25) is 24.3 Å². The number of nitriles is 1. The summed E-state index contributed by atoms with van der Waals surface area (Å²) in [6.07, 6.45) is 0.955. The van der Waals surface area contributed by atoms with Gasteiger partial charge in [0.1, 0.15) is 18.2 Å². The maximum atomic E-state index is 12.3. The highest BCUT2D eigenvalue weighted by atomic mass is 16.6. The van der Waals surface area contributed by atoms with E-state index in [1.54, 1.807) is 18.2 Å². The van der Waals surface area contributed by atoms with Crippen LogP contribution in [0.1, 0.15) is 30.9 Å². The summed E-state index contributed by atoms with van der Waals surface area (Å²) in [5.74, 6) is -0.332. The standard InChI is InChI=1S/C17H16N4O4/c1-11(2)14-5-3-4-6-15(14)19-16(22)10-20-9-13(21(24)25)7-12(8-18)17(20)23/h3-7,9,11H,10H2,1-2H3,(H,19,22). The van der Waals surface area contributed by atoms with Gasteiger partial charge in [0.15, 0.2) is 0 Å². The number of amides is 1. The summed E-state index contributed by atoms with van der Waals surface area (Å²) >= 11 is 0. The SMILES string of the molecule is CC(C)c1ccccc1NC(=O)Cn1cc([N+](=O)[O-])cc(C#N)c1=O. The van der Waals surface area contributed by atoms with E-state index >= 15 is 0 Å². The lowest BCUT2D eigenvalue weighted by molar-refractivity contribution is -0.385. The number of para-hydroxylation sites is 1. The van der Waals surface area contributed by atoms with Crippen molar-refractivity contribution in [2.75, 3.05) is 5.32 Å². The van der Waals surface area contributed by atoms with E-state index in [1.807, 2.05) is 26.0 Å². The first-order valence-corrected chi connectivity index (χ1v) is 7.51. The molecule has 0 atom stereocenters. The zero-order chi connectivity index (χ0) is 18.6. The van der Waals surface area contributed by atoms with Crippen LogP contribution in [0.25, 0.3) is 0 Å². The fourth-order valence-electron chi connectivity index (χ4n) is 2.38. The lowest BCUT2D eigenvalue weighted by atomic mass is 10.0. The molecule has 0 saturated carbocycles. The second-order valence-corrected chi connectivity index (χ2v) is 5.70. The van der Waals surface area contributed by atoms with Gasteiger partial charge in [0, 0.05) is 11.8 Å². The van der Waals surface area contributed by atoms with Gasteiger partial charge in [-0.15, -0.1) is 0 Å². The summed E-state index contributed by atoms with van der Waals surface area (Å²) in [5.41, 5.74) is -0.0158. The molecule has 1 N–H and O–H groups in total. The van der Waals surface area contributed by atoms with E-state index < -0.39 is 28.6 Å². The van der Waals surface area contributed by atoms with E-state index in [4.69, 9.17) is 5.26 Å². The van der Waals surface area contributed by atoms with Crippen LogP contribution in [0.3, 0.4) is 0 Å². The van der Waals surface area contributed by atoms with Crippen LogP contribution >= 0.6 is 0 Å². The second-order valence-electron chi connectivity index (χ2n) is 5.70. The number of nitro groups is 1. The average Bonchev–Trinajstić information content (AvgIpc) is 2.56. The highest BCUT2D eigenvalue weighted by molar-refractivity contribution is 5.91. The molecule has 2 rings (SSSR count). The molecule has 0 bridgehead atoms. The Morgan fingerprint density at radius 2 is 2.08 bits per heavy atom. The lowest BCUT2D eigenvalue weighted by Crippen LogP contribution is -2.29. The Morgan fingerprint density at radius 3 is 2.68 bits per heavy atom. The minimum atomic E-state index is -0.750. The number of carbonyl (C=O) groups is 1. The minimum absolute atomic E-state index is 0.183. The molecule has 0 unspecified atom stereocenters. The quantitative estimate of drug-likeness (QED) is 0.662. The monoisotopic (exact) mass is 340 g/mol. The van der Waals surface area contributed by atoms with Gasteiger partial charge >= 0.3 is 0 Å². The van der Waals surface area contributed by atoms with Crippen molar-refractivity contribution in [2.45, 2.75) is 26.3 Å².